The van der Waals surface area contributed by atoms with Crippen LogP contribution in [0, 0.1) is 6.92 Å². The number of sulfonamides is 1. The lowest BCUT2D eigenvalue weighted by atomic mass is 10.1. The fraction of sp³-hybridized carbons (Fsp3) is 0.0870. The minimum Gasteiger partial charge on any atom is -0.464 e. The number of hydrogen-bond donors (Lipinski definition) is 2. The number of aryl methyl sites for hydroxylation is 1. The SMILES string of the molecule is Cc1ccc2c(CC(=O)Nc3ccccc3NS(=O)(=O)c3ccccc3)coc2c1. The van der Waals surface area contributed by atoms with Crippen molar-refractivity contribution in [3.8, 4) is 0 Å². The molecule has 0 atom stereocenters. The van der Waals surface area contributed by atoms with Gasteiger partial charge in [0.15, 0.2) is 0 Å². The predicted molar refractivity (Wildman–Crippen MR) is 117 cm³/mol. The molecule has 152 valence electrons. The van der Waals surface area contributed by atoms with Crippen LogP contribution in [0.5, 0.6) is 0 Å². The first-order valence-electron chi connectivity index (χ1n) is 9.36. The molecule has 0 spiro atoms. The van der Waals surface area contributed by atoms with Crippen LogP contribution in [0.15, 0.2) is 88.4 Å². The van der Waals surface area contributed by atoms with Gasteiger partial charge in [0, 0.05) is 10.9 Å². The molecule has 3 aromatic carbocycles. The maximum Gasteiger partial charge on any atom is 0.261 e. The molecule has 1 aromatic heterocycles. The molecule has 1 heterocycles. The fourth-order valence-corrected chi connectivity index (χ4v) is 4.28. The number of carbonyl (C=O) groups is 1. The maximum atomic E-state index is 12.6. The first kappa shape index (κ1) is 19.7. The number of anilines is 2. The van der Waals surface area contributed by atoms with E-state index in [1.807, 2.05) is 25.1 Å². The average molecular weight is 420 g/mol. The summed E-state index contributed by atoms with van der Waals surface area (Å²) in [5, 5.41) is 3.67. The molecule has 7 heteroatoms. The van der Waals surface area contributed by atoms with Crippen molar-refractivity contribution in [1.82, 2.24) is 0 Å². The van der Waals surface area contributed by atoms with Crippen molar-refractivity contribution in [2.24, 2.45) is 0 Å². The molecule has 6 nitrogen and oxygen atoms in total. The molecule has 30 heavy (non-hydrogen) atoms. The first-order chi connectivity index (χ1) is 14.4. The molecular formula is C23H20N2O4S. The Bertz CT molecular complexity index is 1310. The highest BCUT2D eigenvalue weighted by atomic mass is 32.2. The lowest BCUT2D eigenvalue weighted by molar-refractivity contribution is -0.115. The van der Waals surface area contributed by atoms with Gasteiger partial charge in [0.05, 0.1) is 29.0 Å². The fourth-order valence-electron chi connectivity index (χ4n) is 3.18. The first-order valence-corrected chi connectivity index (χ1v) is 10.8. The number of rotatable bonds is 6. The number of para-hydroxylation sites is 2. The van der Waals surface area contributed by atoms with E-state index in [1.165, 1.54) is 12.1 Å². The van der Waals surface area contributed by atoms with Gasteiger partial charge >= 0.3 is 0 Å². The summed E-state index contributed by atoms with van der Waals surface area (Å²) in [6, 6.07) is 20.6. The number of carbonyl (C=O) groups excluding carboxylic acids is 1. The van der Waals surface area contributed by atoms with E-state index in [0.29, 0.717) is 11.4 Å². The monoisotopic (exact) mass is 420 g/mol. The van der Waals surface area contributed by atoms with Crippen LogP contribution in [0.4, 0.5) is 11.4 Å². The zero-order valence-corrected chi connectivity index (χ0v) is 17.1. The number of nitrogens with one attached hydrogen (secondary N) is 2. The molecule has 0 fully saturated rings. The third kappa shape index (κ3) is 4.21. The topological polar surface area (TPSA) is 88.4 Å². The molecule has 0 aliphatic rings. The van der Waals surface area contributed by atoms with E-state index < -0.39 is 10.0 Å². The number of fused-ring (bicyclic) bond motifs is 1. The third-order valence-corrected chi connectivity index (χ3v) is 6.04. The quantitative estimate of drug-likeness (QED) is 0.472. The van der Waals surface area contributed by atoms with Gasteiger partial charge in [-0.15, -0.1) is 0 Å². The van der Waals surface area contributed by atoms with Crippen molar-refractivity contribution in [3.05, 3.63) is 90.2 Å². The largest absolute Gasteiger partial charge is 0.464 e. The van der Waals surface area contributed by atoms with Crippen molar-refractivity contribution >= 4 is 38.3 Å². The van der Waals surface area contributed by atoms with Crippen LogP contribution in [0.3, 0.4) is 0 Å². The Hall–Kier alpha value is -3.58. The van der Waals surface area contributed by atoms with Gasteiger partial charge in [-0.1, -0.05) is 42.5 Å². The molecule has 0 aliphatic carbocycles. The second-order valence-corrected chi connectivity index (χ2v) is 8.63. The smallest absolute Gasteiger partial charge is 0.261 e. The highest BCUT2D eigenvalue weighted by Crippen LogP contribution is 2.26. The van der Waals surface area contributed by atoms with Gasteiger partial charge in [-0.05, 0) is 42.8 Å². The molecule has 0 saturated heterocycles. The molecule has 2 N–H and O–H groups in total. The van der Waals surface area contributed by atoms with Crippen molar-refractivity contribution in [2.45, 2.75) is 18.2 Å². The van der Waals surface area contributed by atoms with Crippen LogP contribution in [-0.2, 0) is 21.2 Å². The lowest BCUT2D eigenvalue weighted by Gasteiger charge is -2.13. The standard InChI is InChI=1S/C23H20N2O4S/c1-16-11-12-19-17(15-29-22(19)13-16)14-23(26)24-20-9-5-6-10-21(20)25-30(27,28)18-7-3-2-4-8-18/h2-13,15,25H,14H2,1H3,(H,24,26). The molecule has 0 aliphatic heterocycles. The van der Waals surface area contributed by atoms with Crippen molar-refractivity contribution in [1.29, 1.82) is 0 Å². The molecule has 0 bridgehead atoms. The number of amides is 1. The Balaban J connectivity index is 1.53. The third-order valence-electron chi connectivity index (χ3n) is 4.66. The van der Waals surface area contributed by atoms with Crippen LogP contribution in [0.2, 0.25) is 0 Å². The summed E-state index contributed by atoms with van der Waals surface area (Å²) in [6.45, 7) is 1.97. The van der Waals surface area contributed by atoms with Gasteiger partial charge in [0.1, 0.15) is 5.58 Å². The van der Waals surface area contributed by atoms with E-state index in [4.69, 9.17) is 4.42 Å². The lowest BCUT2D eigenvalue weighted by Crippen LogP contribution is -2.18. The molecule has 4 aromatic rings. The second kappa shape index (κ2) is 8.04. The van der Waals surface area contributed by atoms with Gasteiger partial charge in [-0.3, -0.25) is 9.52 Å². The van der Waals surface area contributed by atoms with E-state index >= 15 is 0 Å². The van der Waals surface area contributed by atoms with E-state index in [9.17, 15) is 13.2 Å². The average Bonchev–Trinajstić information content (AvgIpc) is 3.11. The Morgan fingerprint density at radius 1 is 0.933 bits per heavy atom. The number of hydrogen-bond acceptors (Lipinski definition) is 4. The summed E-state index contributed by atoms with van der Waals surface area (Å²) < 4.78 is 33.4. The Labute approximate surface area is 174 Å². The normalized spacial score (nSPS) is 11.4. The number of benzene rings is 3. The minimum absolute atomic E-state index is 0.107. The van der Waals surface area contributed by atoms with Crippen molar-refractivity contribution in [3.63, 3.8) is 0 Å². The van der Waals surface area contributed by atoms with Crippen LogP contribution < -0.4 is 10.0 Å². The van der Waals surface area contributed by atoms with Gasteiger partial charge in [-0.2, -0.15) is 0 Å². The van der Waals surface area contributed by atoms with Crippen LogP contribution in [0.1, 0.15) is 11.1 Å². The summed E-state index contributed by atoms with van der Waals surface area (Å²) in [5.74, 6) is -0.273. The van der Waals surface area contributed by atoms with E-state index in [0.717, 1.165) is 22.1 Å². The molecule has 1 amide bonds. The molecule has 4 rings (SSSR count). The molecular weight excluding hydrogens is 400 g/mol. The summed E-state index contributed by atoms with van der Waals surface area (Å²) >= 11 is 0. The van der Waals surface area contributed by atoms with Crippen LogP contribution in [0.25, 0.3) is 11.0 Å². The zero-order valence-electron chi connectivity index (χ0n) is 16.3. The molecule has 0 saturated carbocycles. The maximum absolute atomic E-state index is 12.6. The molecule has 0 radical (unpaired) electrons. The summed E-state index contributed by atoms with van der Waals surface area (Å²) in [4.78, 5) is 12.8. The van der Waals surface area contributed by atoms with Gasteiger partial charge in [0.25, 0.3) is 10.0 Å². The minimum atomic E-state index is -3.77. The van der Waals surface area contributed by atoms with Gasteiger partial charge < -0.3 is 9.73 Å². The number of furan rings is 1. The van der Waals surface area contributed by atoms with Gasteiger partial charge in [-0.25, -0.2) is 8.42 Å². The highest BCUT2D eigenvalue weighted by molar-refractivity contribution is 7.92. The Morgan fingerprint density at radius 2 is 1.63 bits per heavy atom. The van der Waals surface area contributed by atoms with E-state index in [2.05, 4.69) is 10.0 Å². The van der Waals surface area contributed by atoms with Crippen molar-refractivity contribution < 1.29 is 17.6 Å². The zero-order chi connectivity index (χ0) is 21.1. The van der Waals surface area contributed by atoms with Crippen LogP contribution in [-0.4, -0.2) is 14.3 Å². The highest BCUT2D eigenvalue weighted by Gasteiger charge is 2.17. The van der Waals surface area contributed by atoms with Gasteiger partial charge in [0.2, 0.25) is 5.91 Å². The predicted octanol–water partition coefficient (Wildman–Crippen LogP) is 4.72. The summed E-state index contributed by atoms with van der Waals surface area (Å²) in [7, 11) is -3.77. The summed E-state index contributed by atoms with van der Waals surface area (Å²) in [6.07, 6.45) is 1.68. The Morgan fingerprint density at radius 3 is 2.40 bits per heavy atom. The summed E-state index contributed by atoms with van der Waals surface area (Å²) in [5.41, 5.74) is 3.25. The Kier molecular flexibility index (Phi) is 5.29. The second-order valence-electron chi connectivity index (χ2n) is 6.95. The van der Waals surface area contributed by atoms with Crippen LogP contribution >= 0.6 is 0 Å². The molecule has 0 unspecified atom stereocenters. The van der Waals surface area contributed by atoms with E-state index in [1.54, 1.807) is 48.7 Å². The van der Waals surface area contributed by atoms with E-state index in [-0.39, 0.29) is 17.2 Å². The van der Waals surface area contributed by atoms with Crippen molar-refractivity contribution in [2.75, 3.05) is 10.0 Å².